The topological polar surface area (TPSA) is 37.3 Å². The van der Waals surface area contributed by atoms with Crippen molar-refractivity contribution in [3.05, 3.63) is 0 Å². The fraction of sp³-hybridized carbons (Fsp3) is 0.952. The number of rotatable bonds is 16. The standard InChI is InChI=1S/C18H36O2.C2H6.CH4/c1-2-3-4-5-6-7-8-9-10-11-12-13-14-15-16-17-18(19)20;1-2;/h2-17H2,1H3,(H,19,20);1-2H3;1H4. The van der Waals surface area contributed by atoms with E-state index in [-0.39, 0.29) is 7.43 Å². The van der Waals surface area contributed by atoms with Gasteiger partial charge in [0.25, 0.3) is 0 Å². The Labute approximate surface area is 147 Å². The van der Waals surface area contributed by atoms with E-state index in [1.54, 1.807) is 0 Å². The third-order valence-corrected chi connectivity index (χ3v) is 3.99. The fourth-order valence-corrected chi connectivity index (χ4v) is 2.65. The summed E-state index contributed by atoms with van der Waals surface area (Å²) < 4.78 is 0. The molecule has 2 nitrogen and oxygen atoms in total. The number of carboxylic acids is 1. The summed E-state index contributed by atoms with van der Waals surface area (Å²) in [7, 11) is 0. The van der Waals surface area contributed by atoms with Crippen LogP contribution in [-0.2, 0) is 4.79 Å². The molecule has 0 aliphatic rings. The van der Waals surface area contributed by atoms with Crippen LogP contribution in [0.5, 0.6) is 0 Å². The van der Waals surface area contributed by atoms with Crippen LogP contribution in [0.4, 0.5) is 0 Å². The zero-order chi connectivity index (χ0) is 16.9. The van der Waals surface area contributed by atoms with Crippen LogP contribution in [0, 0.1) is 0 Å². The molecule has 2 heteroatoms. The first-order valence-corrected chi connectivity index (χ1v) is 9.99. The summed E-state index contributed by atoms with van der Waals surface area (Å²) in [6.07, 6.45) is 20.2. The molecule has 0 aromatic heterocycles. The second-order valence-electron chi connectivity index (χ2n) is 6.09. The van der Waals surface area contributed by atoms with Crippen LogP contribution in [0.25, 0.3) is 0 Å². The number of unbranched alkanes of at least 4 members (excludes halogenated alkanes) is 14. The number of hydrogen-bond donors (Lipinski definition) is 1. The molecule has 0 amide bonds. The average molecular weight is 331 g/mol. The zero-order valence-corrected chi connectivity index (χ0v) is 15.7. The van der Waals surface area contributed by atoms with E-state index < -0.39 is 5.97 Å². The first-order valence-electron chi connectivity index (χ1n) is 9.99. The molecule has 0 aliphatic heterocycles. The minimum Gasteiger partial charge on any atom is -0.481 e. The molecule has 142 valence electrons. The molecule has 0 radical (unpaired) electrons. The molecule has 0 fully saturated rings. The second-order valence-corrected chi connectivity index (χ2v) is 6.09. The van der Waals surface area contributed by atoms with Gasteiger partial charge in [-0.2, -0.15) is 0 Å². The summed E-state index contributed by atoms with van der Waals surface area (Å²) in [5, 5.41) is 8.52. The predicted octanol–water partition coefficient (Wildman–Crippen LogP) is 7.99. The van der Waals surface area contributed by atoms with Gasteiger partial charge in [-0.25, -0.2) is 0 Å². The van der Waals surface area contributed by atoms with E-state index >= 15 is 0 Å². The maximum atomic E-state index is 10.3. The van der Waals surface area contributed by atoms with E-state index in [0.29, 0.717) is 6.42 Å². The molecule has 0 spiro atoms. The van der Waals surface area contributed by atoms with Crippen LogP contribution in [-0.4, -0.2) is 11.1 Å². The Hall–Kier alpha value is -0.530. The van der Waals surface area contributed by atoms with Crippen molar-refractivity contribution >= 4 is 5.97 Å². The highest BCUT2D eigenvalue weighted by atomic mass is 16.4. The predicted molar refractivity (Wildman–Crippen MR) is 105 cm³/mol. The van der Waals surface area contributed by atoms with Crippen LogP contribution < -0.4 is 0 Å². The van der Waals surface area contributed by atoms with Crippen molar-refractivity contribution in [2.75, 3.05) is 0 Å². The molecule has 0 bridgehead atoms. The van der Waals surface area contributed by atoms with Gasteiger partial charge in [0.15, 0.2) is 0 Å². The number of carboxylic acid groups (broad SMARTS) is 1. The zero-order valence-electron chi connectivity index (χ0n) is 15.7. The minimum atomic E-state index is -0.653. The van der Waals surface area contributed by atoms with E-state index in [0.717, 1.165) is 12.8 Å². The van der Waals surface area contributed by atoms with Crippen LogP contribution in [0.2, 0.25) is 0 Å². The molecule has 0 aromatic carbocycles. The number of aliphatic carboxylic acids is 1. The summed E-state index contributed by atoms with van der Waals surface area (Å²) in [5.41, 5.74) is 0. The Kier molecular flexibility index (Phi) is 31.3. The SMILES string of the molecule is C.CC.CCCCCCCCCCCCCCCCCC(=O)O. The molecule has 1 N–H and O–H groups in total. The highest BCUT2D eigenvalue weighted by Crippen LogP contribution is 2.13. The number of hydrogen-bond acceptors (Lipinski definition) is 1. The van der Waals surface area contributed by atoms with Crippen LogP contribution in [0.15, 0.2) is 0 Å². The lowest BCUT2D eigenvalue weighted by Gasteiger charge is -2.03. The van der Waals surface area contributed by atoms with E-state index in [1.165, 1.54) is 83.5 Å². The molecule has 0 aromatic rings. The Bertz CT molecular complexity index is 202. The lowest BCUT2D eigenvalue weighted by Crippen LogP contribution is -1.93. The van der Waals surface area contributed by atoms with Gasteiger partial charge in [0.2, 0.25) is 0 Å². The Morgan fingerprint density at radius 2 is 0.870 bits per heavy atom. The van der Waals surface area contributed by atoms with Crippen molar-refractivity contribution in [2.45, 2.75) is 131 Å². The Morgan fingerprint density at radius 3 is 1.13 bits per heavy atom. The van der Waals surface area contributed by atoms with Crippen molar-refractivity contribution in [2.24, 2.45) is 0 Å². The van der Waals surface area contributed by atoms with Crippen molar-refractivity contribution in [1.29, 1.82) is 0 Å². The van der Waals surface area contributed by atoms with Gasteiger partial charge in [-0.15, -0.1) is 0 Å². The van der Waals surface area contributed by atoms with Gasteiger partial charge in [0.1, 0.15) is 0 Å². The molecular formula is C21H46O2. The second kappa shape index (κ2) is 26.4. The normalized spacial score (nSPS) is 9.70. The summed E-state index contributed by atoms with van der Waals surface area (Å²) >= 11 is 0. The molecule has 0 unspecified atom stereocenters. The van der Waals surface area contributed by atoms with Crippen molar-refractivity contribution in [3.8, 4) is 0 Å². The lowest BCUT2D eigenvalue weighted by atomic mass is 10.0. The maximum Gasteiger partial charge on any atom is 0.303 e. The van der Waals surface area contributed by atoms with Gasteiger partial charge >= 0.3 is 5.97 Å². The van der Waals surface area contributed by atoms with Gasteiger partial charge in [0.05, 0.1) is 0 Å². The highest BCUT2D eigenvalue weighted by Gasteiger charge is 1.97. The first kappa shape index (κ1) is 27.3. The van der Waals surface area contributed by atoms with E-state index in [1.807, 2.05) is 13.8 Å². The molecule has 0 saturated carbocycles. The van der Waals surface area contributed by atoms with Crippen LogP contribution >= 0.6 is 0 Å². The summed E-state index contributed by atoms with van der Waals surface area (Å²) in [5.74, 6) is -0.653. The molecule has 0 atom stereocenters. The third kappa shape index (κ3) is 30.0. The Morgan fingerprint density at radius 1 is 0.609 bits per heavy atom. The van der Waals surface area contributed by atoms with E-state index in [9.17, 15) is 4.79 Å². The summed E-state index contributed by atoms with van der Waals surface area (Å²) in [6, 6.07) is 0. The van der Waals surface area contributed by atoms with Gasteiger partial charge in [0, 0.05) is 6.42 Å². The third-order valence-electron chi connectivity index (χ3n) is 3.99. The van der Waals surface area contributed by atoms with Crippen molar-refractivity contribution in [1.82, 2.24) is 0 Å². The molecular weight excluding hydrogens is 284 g/mol. The molecule has 23 heavy (non-hydrogen) atoms. The monoisotopic (exact) mass is 330 g/mol. The van der Waals surface area contributed by atoms with Gasteiger partial charge in [-0.3, -0.25) is 4.79 Å². The minimum absolute atomic E-state index is 0. The first-order chi connectivity index (χ1) is 10.8. The van der Waals surface area contributed by atoms with Crippen LogP contribution in [0.1, 0.15) is 131 Å². The molecule has 0 saturated heterocycles. The van der Waals surface area contributed by atoms with Crippen molar-refractivity contribution < 1.29 is 9.90 Å². The smallest absolute Gasteiger partial charge is 0.303 e. The van der Waals surface area contributed by atoms with Crippen molar-refractivity contribution in [3.63, 3.8) is 0 Å². The van der Waals surface area contributed by atoms with Gasteiger partial charge in [-0.05, 0) is 6.42 Å². The fourth-order valence-electron chi connectivity index (χ4n) is 2.65. The lowest BCUT2D eigenvalue weighted by molar-refractivity contribution is -0.137. The largest absolute Gasteiger partial charge is 0.481 e. The summed E-state index contributed by atoms with van der Waals surface area (Å²) in [4.78, 5) is 10.3. The van der Waals surface area contributed by atoms with E-state index in [2.05, 4.69) is 6.92 Å². The number of carbonyl (C=O) groups is 1. The quantitative estimate of drug-likeness (QED) is 0.291. The molecule has 0 heterocycles. The summed E-state index contributed by atoms with van der Waals surface area (Å²) in [6.45, 7) is 6.27. The van der Waals surface area contributed by atoms with Crippen LogP contribution in [0.3, 0.4) is 0 Å². The average Bonchev–Trinajstić information content (AvgIpc) is 2.53. The maximum absolute atomic E-state index is 10.3. The highest BCUT2D eigenvalue weighted by molar-refractivity contribution is 5.66. The van der Waals surface area contributed by atoms with Gasteiger partial charge < -0.3 is 5.11 Å². The Balaban J connectivity index is -0.00000128. The van der Waals surface area contributed by atoms with Gasteiger partial charge in [-0.1, -0.05) is 118 Å². The molecule has 0 aliphatic carbocycles. The molecule has 0 rings (SSSR count). The van der Waals surface area contributed by atoms with E-state index in [4.69, 9.17) is 5.11 Å².